The normalized spacial score (nSPS) is 10.8. The van der Waals surface area contributed by atoms with Gasteiger partial charge >= 0.3 is 6.16 Å². The van der Waals surface area contributed by atoms with Crippen LogP contribution in [0.25, 0.3) is 0 Å². The van der Waals surface area contributed by atoms with Gasteiger partial charge in [0.05, 0.1) is 9.85 Å². The Morgan fingerprint density at radius 1 is 1.21 bits per heavy atom. The molecule has 0 saturated heterocycles. The molecule has 0 amide bonds. The van der Waals surface area contributed by atoms with Gasteiger partial charge < -0.3 is 9.84 Å². The Hall–Kier alpha value is -2.71. The lowest BCUT2D eigenvalue weighted by Crippen LogP contribution is -2.26. The largest absolute Gasteiger partial charge is 0.506 e. The van der Waals surface area contributed by atoms with Crippen LogP contribution in [-0.2, 0) is 10.3 Å². The molecule has 1 N–H and O–H groups in total. The van der Waals surface area contributed by atoms with Crippen molar-refractivity contribution >= 4 is 17.5 Å². The lowest BCUT2D eigenvalue weighted by atomic mass is 9.94. The molecule has 1 rings (SSSR count). The molecule has 0 aliphatic heterocycles. The summed E-state index contributed by atoms with van der Waals surface area (Å²) in [5.41, 5.74) is -3.26. The van der Waals surface area contributed by atoms with Crippen LogP contribution in [0.15, 0.2) is 18.2 Å². The van der Waals surface area contributed by atoms with Crippen LogP contribution in [0.1, 0.15) is 19.4 Å². The van der Waals surface area contributed by atoms with E-state index in [2.05, 4.69) is 4.74 Å². The Balaban J connectivity index is 3.57. The fourth-order valence-corrected chi connectivity index (χ4v) is 1.72. The lowest BCUT2D eigenvalue weighted by Gasteiger charge is -2.22. The van der Waals surface area contributed by atoms with Crippen molar-refractivity contribution < 1.29 is 24.5 Å². The average Bonchev–Trinajstić information content (AvgIpc) is 2.26. The van der Waals surface area contributed by atoms with Gasteiger partial charge in [-0.25, -0.2) is 4.79 Å². The Morgan fingerprint density at radius 3 is 1.95 bits per heavy atom. The fourth-order valence-electron chi connectivity index (χ4n) is 1.72. The molecule has 0 fully saturated rings. The van der Waals surface area contributed by atoms with Crippen molar-refractivity contribution in [3.05, 3.63) is 44.0 Å². The maximum absolute atomic E-state index is 10.9. The standard InChI is InChI=1S/C10H10N2O7/c1-10(2,19-9(13)14)8-6(11(15)16)4-3-5-7(8)12(17)18/h3-5H,1-2H3,(H,13,14). The summed E-state index contributed by atoms with van der Waals surface area (Å²) in [5.74, 6) is 0. The Bertz CT molecular complexity index is 521. The molecule has 19 heavy (non-hydrogen) atoms. The highest BCUT2D eigenvalue weighted by Gasteiger charge is 2.39. The van der Waals surface area contributed by atoms with Crippen LogP contribution in [0.3, 0.4) is 0 Å². The van der Waals surface area contributed by atoms with Crippen LogP contribution in [0.5, 0.6) is 0 Å². The monoisotopic (exact) mass is 270 g/mol. The Labute approximate surface area is 106 Å². The smallest absolute Gasteiger partial charge is 0.450 e. The number of nitrogens with zero attached hydrogens (tertiary/aromatic N) is 2. The summed E-state index contributed by atoms with van der Waals surface area (Å²) >= 11 is 0. The molecular weight excluding hydrogens is 260 g/mol. The lowest BCUT2D eigenvalue weighted by molar-refractivity contribution is -0.397. The molecule has 0 heterocycles. The molecule has 9 nitrogen and oxygen atoms in total. The highest BCUT2D eigenvalue weighted by atomic mass is 16.7. The molecule has 0 spiro atoms. The summed E-state index contributed by atoms with van der Waals surface area (Å²) in [6, 6.07) is 3.25. The van der Waals surface area contributed by atoms with E-state index in [4.69, 9.17) is 5.11 Å². The minimum Gasteiger partial charge on any atom is -0.450 e. The van der Waals surface area contributed by atoms with E-state index < -0.39 is 38.5 Å². The molecule has 0 bridgehead atoms. The van der Waals surface area contributed by atoms with E-state index in [-0.39, 0.29) is 0 Å². The van der Waals surface area contributed by atoms with Gasteiger partial charge in [0.1, 0.15) is 5.60 Å². The summed E-state index contributed by atoms with van der Waals surface area (Å²) in [6.45, 7) is 2.41. The Kier molecular flexibility index (Phi) is 3.69. The molecule has 0 radical (unpaired) electrons. The second-order valence-corrected chi connectivity index (χ2v) is 4.06. The van der Waals surface area contributed by atoms with E-state index in [1.807, 2.05) is 0 Å². The number of benzene rings is 1. The van der Waals surface area contributed by atoms with E-state index >= 15 is 0 Å². The van der Waals surface area contributed by atoms with Gasteiger partial charge in [0.2, 0.25) is 0 Å². The SMILES string of the molecule is CC(C)(OC(=O)O)c1c([N+](=O)[O-])cccc1[N+](=O)[O-]. The number of hydrogen-bond donors (Lipinski definition) is 1. The third kappa shape index (κ3) is 2.94. The molecule has 0 atom stereocenters. The number of hydrogen-bond acceptors (Lipinski definition) is 6. The first-order valence-corrected chi connectivity index (χ1v) is 5.01. The van der Waals surface area contributed by atoms with Crippen molar-refractivity contribution in [3.63, 3.8) is 0 Å². The van der Waals surface area contributed by atoms with Gasteiger partial charge in [-0.05, 0) is 19.9 Å². The zero-order valence-corrected chi connectivity index (χ0v) is 10.0. The zero-order chi connectivity index (χ0) is 14.8. The van der Waals surface area contributed by atoms with Crippen LogP contribution in [-0.4, -0.2) is 21.1 Å². The molecule has 102 valence electrons. The third-order valence-corrected chi connectivity index (χ3v) is 2.36. The fraction of sp³-hybridized carbons (Fsp3) is 0.300. The summed E-state index contributed by atoms with van der Waals surface area (Å²) in [4.78, 5) is 30.8. The van der Waals surface area contributed by atoms with E-state index in [1.54, 1.807) is 0 Å². The quantitative estimate of drug-likeness (QED) is 0.504. The number of carbonyl (C=O) groups is 1. The molecule has 1 aromatic rings. The molecule has 0 unspecified atom stereocenters. The van der Waals surface area contributed by atoms with Gasteiger partial charge in [0.15, 0.2) is 5.56 Å². The molecule has 0 aliphatic carbocycles. The highest BCUT2D eigenvalue weighted by molar-refractivity contribution is 5.62. The van der Waals surface area contributed by atoms with Gasteiger partial charge in [-0.15, -0.1) is 0 Å². The average molecular weight is 270 g/mol. The van der Waals surface area contributed by atoms with Crippen molar-refractivity contribution in [2.75, 3.05) is 0 Å². The topological polar surface area (TPSA) is 133 Å². The molecule has 9 heteroatoms. The molecule has 0 saturated carbocycles. The van der Waals surface area contributed by atoms with Crippen LogP contribution < -0.4 is 0 Å². The second-order valence-electron chi connectivity index (χ2n) is 4.06. The van der Waals surface area contributed by atoms with E-state index in [0.29, 0.717) is 0 Å². The van der Waals surface area contributed by atoms with Gasteiger partial charge in [-0.3, -0.25) is 20.2 Å². The van der Waals surface area contributed by atoms with E-state index in [1.165, 1.54) is 13.8 Å². The number of nitro groups is 2. The first-order valence-electron chi connectivity index (χ1n) is 5.01. The Morgan fingerprint density at radius 2 is 1.63 bits per heavy atom. The predicted octanol–water partition coefficient (Wildman–Crippen LogP) is 2.43. The van der Waals surface area contributed by atoms with Crippen LogP contribution in [0.2, 0.25) is 0 Å². The second kappa shape index (κ2) is 4.88. The molecule has 0 aromatic heterocycles. The van der Waals surface area contributed by atoms with E-state index in [0.717, 1.165) is 18.2 Å². The molecule has 0 aliphatic rings. The van der Waals surface area contributed by atoms with Crippen molar-refractivity contribution in [1.82, 2.24) is 0 Å². The van der Waals surface area contributed by atoms with Crippen molar-refractivity contribution in [1.29, 1.82) is 0 Å². The number of rotatable bonds is 4. The van der Waals surface area contributed by atoms with Crippen LogP contribution in [0.4, 0.5) is 16.2 Å². The summed E-state index contributed by atoms with van der Waals surface area (Å²) in [6.07, 6.45) is -1.68. The third-order valence-electron chi connectivity index (χ3n) is 2.36. The number of carboxylic acid groups (broad SMARTS) is 1. The van der Waals surface area contributed by atoms with Crippen LogP contribution in [0, 0.1) is 20.2 Å². The first-order chi connectivity index (χ1) is 8.66. The van der Waals surface area contributed by atoms with Crippen LogP contribution >= 0.6 is 0 Å². The van der Waals surface area contributed by atoms with Crippen molar-refractivity contribution in [3.8, 4) is 0 Å². The molecule has 1 aromatic carbocycles. The molecular formula is C10H10N2O7. The van der Waals surface area contributed by atoms with Gasteiger partial charge in [0, 0.05) is 12.1 Å². The van der Waals surface area contributed by atoms with E-state index in [9.17, 15) is 25.0 Å². The summed E-state index contributed by atoms with van der Waals surface area (Å²) in [5, 5.41) is 30.4. The predicted molar refractivity (Wildman–Crippen MR) is 61.9 cm³/mol. The highest BCUT2D eigenvalue weighted by Crippen LogP contribution is 2.39. The summed E-state index contributed by atoms with van der Waals surface area (Å²) in [7, 11) is 0. The number of nitro benzene ring substituents is 2. The van der Waals surface area contributed by atoms with Gasteiger partial charge in [-0.2, -0.15) is 0 Å². The zero-order valence-electron chi connectivity index (χ0n) is 10.0. The van der Waals surface area contributed by atoms with Crippen molar-refractivity contribution in [2.45, 2.75) is 19.4 Å². The maximum atomic E-state index is 10.9. The van der Waals surface area contributed by atoms with Gasteiger partial charge in [-0.1, -0.05) is 0 Å². The minimum absolute atomic E-state index is 0.396. The minimum atomic E-state index is -1.72. The van der Waals surface area contributed by atoms with Gasteiger partial charge in [0.25, 0.3) is 11.4 Å². The van der Waals surface area contributed by atoms with Crippen molar-refractivity contribution in [2.24, 2.45) is 0 Å². The summed E-state index contributed by atoms with van der Waals surface area (Å²) < 4.78 is 4.51. The maximum Gasteiger partial charge on any atom is 0.506 e. The first kappa shape index (κ1) is 14.4. The number of ether oxygens (including phenoxy) is 1.